The third-order valence-electron chi connectivity index (χ3n) is 4.09. The molecule has 6 nitrogen and oxygen atoms in total. The topological polar surface area (TPSA) is 66.2 Å². The molecule has 0 aliphatic carbocycles. The molecular formula is C20H16ClN3O3S. The number of esters is 1. The smallest absolute Gasteiger partial charge is 0.348 e. The molecule has 0 amide bonds. The van der Waals surface area contributed by atoms with Crippen LogP contribution in [-0.4, -0.2) is 20.7 Å². The fourth-order valence-electron chi connectivity index (χ4n) is 2.75. The average molecular weight is 414 g/mol. The zero-order valence-electron chi connectivity index (χ0n) is 15.2. The second-order valence-corrected chi connectivity index (χ2v) is 7.57. The molecule has 0 N–H and O–H groups in total. The Kier molecular flexibility index (Phi) is 5.02. The highest BCUT2D eigenvalue weighted by atomic mass is 35.5. The van der Waals surface area contributed by atoms with Crippen molar-refractivity contribution in [1.29, 1.82) is 0 Å². The van der Waals surface area contributed by atoms with Crippen molar-refractivity contribution in [3.8, 4) is 11.5 Å². The third kappa shape index (κ3) is 3.72. The summed E-state index contributed by atoms with van der Waals surface area (Å²) in [7, 11) is 1.67. The quantitative estimate of drug-likeness (QED) is 0.347. The van der Waals surface area contributed by atoms with E-state index in [0.717, 1.165) is 15.2 Å². The number of ether oxygens (including phenoxy) is 2. The Hall–Kier alpha value is -2.90. The van der Waals surface area contributed by atoms with Crippen LogP contribution in [0.1, 0.15) is 21.1 Å². The zero-order chi connectivity index (χ0) is 19.7. The average Bonchev–Trinajstić information content (AvgIpc) is 3.21. The molecule has 0 radical (unpaired) electrons. The molecule has 2 aromatic carbocycles. The number of rotatable bonds is 5. The molecule has 142 valence electrons. The van der Waals surface area contributed by atoms with Gasteiger partial charge in [0.2, 0.25) is 0 Å². The summed E-state index contributed by atoms with van der Waals surface area (Å²) >= 11 is 7.71. The lowest BCUT2D eigenvalue weighted by atomic mass is 10.2. The van der Waals surface area contributed by atoms with Gasteiger partial charge in [0, 0.05) is 7.05 Å². The van der Waals surface area contributed by atoms with Crippen molar-refractivity contribution in [1.82, 2.24) is 14.8 Å². The number of hydrogen-bond donors (Lipinski definition) is 0. The monoisotopic (exact) mass is 413 g/mol. The van der Waals surface area contributed by atoms with Crippen molar-refractivity contribution in [2.75, 3.05) is 0 Å². The van der Waals surface area contributed by atoms with Gasteiger partial charge >= 0.3 is 5.97 Å². The number of fused-ring (bicyclic) bond motifs is 1. The molecule has 0 unspecified atom stereocenters. The minimum absolute atomic E-state index is 0.248. The zero-order valence-corrected chi connectivity index (χ0v) is 16.8. The molecule has 0 fully saturated rings. The highest BCUT2D eigenvalue weighted by Crippen LogP contribution is 2.25. The van der Waals surface area contributed by atoms with Gasteiger partial charge in [-0.05, 0) is 43.3 Å². The summed E-state index contributed by atoms with van der Waals surface area (Å²) in [5, 5.41) is 5.26. The van der Waals surface area contributed by atoms with Gasteiger partial charge in [-0.1, -0.05) is 23.7 Å². The normalized spacial score (nSPS) is 11.0. The maximum atomic E-state index is 12.4. The van der Waals surface area contributed by atoms with Crippen LogP contribution in [0.15, 0.2) is 48.5 Å². The number of nitrogens with zero attached hydrogens (tertiary/aromatic N) is 3. The fraction of sp³-hybridized carbons (Fsp3) is 0.150. The second-order valence-electron chi connectivity index (χ2n) is 6.10. The van der Waals surface area contributed by atoms with Gasteiger partial charge in [-0.25, -0.2) is 9.78 Å². The third-order valence-corrected chi connectivity index (χ3v) is 5.53. The molecule has 0 aliphatic rings. The van der Waals surface area contributed by atoms with Crippen LogP contribution < -0.4 is 9.47 Å². The van der Waals surface area contributed by atoms with Gasteiger partial charge in [0.25, 0.3) is 0 Å². The lowest BCUT2D eigenvalue weighted by molar-refractivity contribution is 0.0734. The van der Waals surface area contributed by atoms with Gasteiger partial charge in [0.1, 0.15) is 33.8 Å². The van der Waals surface area contributed by atoms with E-state index in [2.05, 4.69) is 10.1 Å². The van der Waals surface area contributed by atoms with Gasteiger partial charge in [-0.3, -0.25) is 4.68 Å². The molecule has 0 aliphatic heterocycles. The minimum Gasteiger partial charge on any atom is -0.486 e. The van der Waals surface area contributed by atoms with Crippen LogP contribution in [0, 0.1) is 6.92 Å². The first-order valence-corrected chi connectivity index (χ1v) is 9.69. The maximum Gasteiger partial charge on any atom is 0.348 e. The minimum atomic E-state index is -0.543. The first-order valence-electron chi connectivity index (χ1n) is 8.50. The number of aryl methyl sites for hydroxylation is 2. The summed E-state index contributed by atoms with van der Waals surface area (Å²) in [6, 6.07) is 14.8. The standard InChI is InChI=1S/C20H16ClN3O3S/c1-12-18(19(21)24(2)23-12)20(25)27-14-9-7-13(8-10-14)26-11-17-22-15-5-3-4-6-16(15)28-17/h3-10H,11H2,1-2H3. The number of aromatic nitrogens is 3. The molecule has 0 saturated carbocycles. The summed E-state index contributed by atoms with van der Waals surface area (Å²) in [6.07, 6.45) is 0. The van der Waals surface area contributed by atoms with E-state index in [1.54, 1.807) is 49.6 Å². The summed E-state index contributed by atoms with van der Waals surface area (Å²) < 4.78 is 13.7. The van der Waals surface area contributed by atoms with Crippen molar-refractivity contribution in [2.45, 2.75) is 13.5 Å². The van der Waals surface area contributed by atoms with Crippen LogP contribution >= 0.6 is 22.9 Å². The highest BCUT2D eigenvalue weighted by molar-refractivity contribution is 7.18. The Balaban J connectivity index is 1.40. The molecule has 4 rings (SSSR count). The largest absolute Gasteiger partial charge is 0.486 e. The van der Waals surface area contributed by atoms with Crippen LogP contribution in [0.25, 0.3) is 10.2 Å². The van der Waals surface area contributed by atoms with E-state index in [0.29, 0.717) is 23.8 Å². The van der Waals surface area contributed by atoms with Crippen LogP contribution in [0.5, 0.6) is 11.5 Å². The summed E-state index contributed by atoms with van der Waals surface area (Å²) in [4.78, 5) is 16.9. The lowest BCUT2D eigenvalue weighted by Gasteiger charge is -2.07. The summed E-state index contributed by atoms with van der Waals surface area (Å²) in [6.45, 7) is 2.09. The van der Waals surface area contributed by atoms with Crippen molar-refractivity contribution in [3.05, 3.63) is 69.9 Å². The number of halogens is 1. The van der Waals surface area contributed by atoms with E-state index in [1.807, 2.05) is 24.3 Å². The van der Waals surface area contributed by atoms with E-state index in [4.69, 9.17) is 21.1 Å². The van der Waals surface area contributed by atoms with E-state index in [-0.39, 0.29) is 10.7 Å². The first-order chi connectivity index (χ1) is 13.5. The lowest BCUT2D eigenvalue weighted by Crippen LogP contribution is -2.09. The number of thiazole rings is 1. The SMILES string of the molecule is Cc1nn(C)c(Cl)c1C(=O)Oc1ccc(OCc2nc3ccccc3s2)cc1. The molecule has 0 bridgehead atoms. The van der Waals surface area contributed by atoms with Gasteiger partial charge in [0.05, 0.1) is 15.9 Å². The number of carbonyl (C=O) groups excluding carboxylic acids is 1. The Morgan fingerprint density at radius 2 is 1.86 bits per heavy atom. The van der Waals surface area contributed by atoms with Crippen molar-refractivity contribution in [2.24, 2.45) is 7.05 Å². The van der Waals surface area contributed by atoms with Gasteiger partial charge in [0.15, 0.2) is 0 Å². The van der Waals surface area contributed by atoms with E-state index in [1.165, 1.54) is 4.68 Å². The Morgan fingerprint density at radius 3 is 2.54 bits per heavy atom. The molecule has 28 heavy (non-hydrogen) atoms. The Morgan fingerprint density at radius 1 is 1.14 bits per heavy atom. The van der Waals surface area contributed by atoms with Gasteiger partial charge < -0.3 is 9.47 Å². The first kappa shape index (κ1) is 18.5. The number of hydrogen-bond acceptors (Lipinski definition) is 6. The van der Waals surface area contributed by atoms with E-state index < -0.39 is 5.97 Å². The van der Waals surface area contributed by atoms with Gasteiger partial charge in [-0.2, -0.15) is 5.10 Å². The fourth-order valence-corrected chi connectivity index (χ4v) is 3.88. The van der Waals surface area contributed by atoms with Crippen LogP contribution in [0.2, 0.25) is 5.15 Å². The Labute approximate surface area is 170 Å². The molecule has 2 heterocycles. The molecule has 8 heteroatoms. The molecule has 0 saturated heterocycles. The van der Waals surface area contributed by atoms with E-state index >= 15 is 0 Å². The molecular weight excluding hydrogens is 398 g/mol. The molecule has 0 atom stereocenters. The summed E-state index contributed by atoms with van der Waals surface area (Å²) in [5.74, 6) is 0.519. The van der Waals surface area contributed by atoms with Crippen molar-refractivity contribution >= 4 is 39.1 Å². The molecule has 0 spiro atoms. The van der Waals surface area contributed by atoms with Gasteiger partial charge in [-0.15, -0.1) is 11.3 Å². The second kappa shape index (κ2) is 7.61. The Bertz CT molecular complexity index is 1120. The van der Waals surface area contributed by atoms with Crippen molar-refractivity contribution < 1.29 is 14.3 Å². The highest BCUT2D eigenvalue weighted by Gasteiger charge is 2.21. The molecule has 2 aromatic heterocycles. The van der Waals surface area contributed by atoms with Crippen molar-refractivity contribution in [3.63, 3.8) is 0 Å². The van der Waals surface area contributed by atoms with Crippen LogP contribution in [-0.2, 0) is 13.7 Å². The molecule has 4 aromatic rings. The number of para-hydroxylation sites is 1. The van der Waals surface area contributed by atoms with Crippen LogP contribution in [0.4, 0.5) is 0 Å². The number of carbonyl (C=O) groups is 1. The van der Waals surface area contributed by atoms with Crippen LogP contribution in [0.3, 0.4) is 0 Å². The van der Waals surface area contributed by atoms with E-state index in [9.17, 15) is 4.79 Å². The number of benzene rings is 2. The summed E-state index contributed by atoms with van der Waals surface area (Å²) in [5.41, 5.74) is 1.76. The maximum absolute atomic E-state index is 12.4. The predicted octanol–water partition coefficient (Wildman–Crippen LogP) is 4.79. The predicted molar refractivity (Wildman–Crippen MR) is 108 cm³/mol.